The monoisotopic (exact) mass is 355 g/mol. The molecule has 94 valence electrons. The van der Waals surface area contributed by atoms with Crippen LogP contribution in [0, 0.1) is 11.6 Å². The van der Waals surface area contributed by atoms with Gasteiger partial charge in [0.25, 0.3) is 0 Å². The van der Waals surface area contributed by atoms with Crippen molar-refractivity contribution in [3.8, 4) is 0 Å². The SMILES string of the molecule is CC(I)[C@H](C)Nc1c(C(=O)O)ccc(F)c1F. The number of nitrogens with one attached hydrogen (secondary N) is 1. The summed E-state index contributed by atoms with van der Waals surface area (Å²) in [5, 5.41) is 11.6. The zero-order valence-electron chi connectivity index (χ0n) is 9.30. The number of rotatable bonds is 4. The van der Waals surface area contributed by atoms with E-state index < -0.39 is 17.6 Å². The second-order valence-corrected chi connectivity index (χ2v) is 5.66. The summed E-state index contributed by atoms with van der Waals surface area (Å²) >= 11 is 2.12. The van der Waals surface area contributed by atoms with E-state index in [4.69, 9.17) is 5.11 Å². The van der Waals surface area contributed by atoms with Crippen LogP contribution in [0.1, 0.15) is 24.2 Å². The van der Waals surface area contributed by atoms with Crippen LogP contribution >= 0.6 is 22.6 Å². The Kier molecular flexibility index (Phi) is 4.67. The molecule has 0 fully saturated rings. The lowest BCUT2D eigenvalue weighted by Gasteiger charge is -2.19. The second kappa shape index (κ2) is 5.61. The van der Waals surface area contributed by atoms with Crippen molar-refractivity contribution in [2.24, 2.45) is 0 Å². The van der Waals surface area contributed by atoms with Crippen LogP contribution in [0.3, 0.4) is 0 Å². The van der Waals surface area contributed by atoms with Crippen molar-refractivity contribution in [1.82, 2.24) is 0 Å². The molecule has 3 nitrogen and oxygen atoms in total. The smallest absolute Gasteiger partial charge is 0.337 e. The highest BCUT2D eigenvalue weighted by atomic mass is 127. The van der Waals surface area contributed by atoms with Crippen LogP contribution in [-0.2, 0) is 0 Å². The standard InChI is InChI=1S/C11H12F2INO2/c1-5(14)6(2)15-10-7(11(16)17)3-4-8(12)9(10)13/h3-6,15H,1-2H3,(H,16,17)/t5?,6-/m0/s1. The number of carbonyl (C=O) groups is 1. The fourth-order valence-electron chi connectivity index (χ4n) is 1.21. The predicted octanol–water partition coefficient (Wildman–Crippen LogP) is 3.29. The van der Waals surface area contributed by atoms with E-state index in [0.29, 0.717) is 0 Å². The maximum absolute atomic E-state index is 13.5. The van der Waals surface area contributed by atoms with Gasteiger partial charge in [-0.3, -0.25) is 0 Å². The average molecular weight is 355 g/mol. The number of carboxylic acid groups (broad SMARTS) is 1. The number of benzene rings is 1. The average Bonchev–Trinajstić information content (AvgIpc) is 2.24. The van der Waals surface area contributed by atoms with Crippen LogP contribution in [-0.4, -0.2) is 21.0 Å². The highest BCUT2D eigenvalue weighted by Crippen LogP contribution is 2.24. The van der Waals surface area contributed by atoms with E-state index >= 15 is 0 Å². The highest BCUT2D eigenvalue weighted by Gasteiger charge is 2.20. The predicted molar refractivity (Wildman–Crippen MR) is 69.9 cm³/mol. The Labute approximate surface area is 111 Å². The number of hydrogen-bond acceptors (Lipinski definition) is 2. The molecule has 0 aliphatic heterocycles. The van der Waals surface area contributed by atoms with Crippen molar-refractivity contribution in [2.45, 2.75) is 23.8 Å². The molecule has 0 heterocycles. The molecule has 0 bridgehead atoms. The Morgan fingerprint density at radius 3 is 2.47 bits per heavy atom. The van der Waals surface area contributed by atoms with Gasteiger partial charge in [-0.2, -0.15) is 0 Å². The molecule has 0 amide bonds. The zero-order valence-corrected chi connectivity index (χ0v) is 11.5. The summed E-state index contributed by atoms with van der Waals surface area (Å²) in [6.07, 6.45) is 0. The number of anilines is 1. The van der Waals surface area contributed by atoms with Crippen LogP contribution < -0.4 is 5.32 Å². The summed E-state index contributed by atoms with van der Waals surface area (Å²) in [7, 11) is 0. The van der Waals surface area contributed by atoms with Crippen molar-refractivity contribution in [1.29, 1.82) is 0 Å². The molecule has 17 heavy (non-hydrogen) atoms. The maximum Gasteiger partial charge on any atom is 0.337 e. The second-order valence-electron chi connectivity index (χ2n) is 3.70. The molecule has 6 heteroatoms. The lowest BCUT2D eigenvalue weighted by Crippen LogP contribution is -2.25. The van der Waals surface area contributed by atoms with Gasteiger partial charge in [-0.25, -0.2) is 13.6 Å². The Morgan fingerprint density at radius 2 is 2.00 bits per heavy atom. The molecular formula is C11H12F2INO2. The number of alkyl halides is 1. The minimum absolute atomic E-state index is 0.136. The van der Waals surface area contributed by atoms with Gasteiger partial charge in [-0.05, 0) is 19.1 Å². The van der Waals surface area contributed by atoms with Gasteiger partial charge in [-0.15, -0.1) is 0 Å². The van der Waals surface area contributed by atoms with E-state index in [-0.39, 0.29) is 21.2 Å². The van der Waals surface area contributed by atoms with E-state index in [0.717, 1.165) is 12.1 Å². The first kappa shape index (κ1) is 14.1. The first-order valence-corrected chi connectivity index (χ1v) is 6.21. The molecule has 1 aromatic carbocycles. The summed E-state index contributed by atoms with van der Waals surface area (Å²) in [6, 6.07) is 1.68. The molecule has 2 N–H and O–H groups in total. The molecule has 0 saturated carbocycles. The minimum Gasteiger partial charge on any atom is -0.478 e. The zero-order chi connectivity index (χ0) is 13.2. The highest BCUT2D eigenvalue weighted by molar-refractivity contribution is 14.1. The Hall–Kier alpha value is -0.920. The van der Waals surface area contributed by atoms with Crippen molar-refractivity contribution in [2.75, 3.05) is 5.32 Å². The number of carboxylic acids is 1. The Bertz CT molecular complexity index is 438. The van der Waals surface area contributed by atoms with E-state index in [9.17, 15) is 13.6 Å². The number of aromatic carboxylic acids is 1. The fourth-order valence-corrected chi connectivity index (χ4v) is 1.39. The molecule has 0 spiro atoms. The summed E-state index contributed by atoms with van der Waals surface area (Å²) in [5.74, 6) is -3.51. The Balaban J connectivity index is 3.19. The van der Waals surface area contributed by atoms with Crippen LogP contribution in [0.2, 0.25) is 0 Å². The largest absolute Gasteiger partial charge is 0.478 e. The van der Waals surface area contributed by atoms with Gasteiger partial charge in [-0.1, -0.05) is 29.5 Å². The number of halogens is 3. The van der Waals surface area contributed by atoms with Crippen LogP contribution in [0.25, 0.3) is 0 Å². The quantitative estimate of drug-likeness (QED) is 0.644. The molecule has 0 aromatic heterocycles. The molecule has 0 radical (unpaired) electrons. The van der Waals surface area contributed by atoms with Crippen LogP contribution in [0.15, 0.2) is 12.1 Å². The Morgan fingerprint density at radius 1 is 1.41 bits per heavy atom. The van der Waals surface area contributed by atoms with Gasteiger partial charge in [0.15, 0.2) is 11.6 Å². The molecule has 1 aromatic rings. The van der Waals surface area contributed by atoms with Gasteiger partial charge in [0, 0.05) is 9.97 Å². The molecule has 0 aliphatic carbocycles. The molecule has 1 rings (SSSR count). The minimum atomic E-state index is -1.29. The van der Waals surface area contributed by atoms with Gasteiger partial charge < -0.3 is 10.4 Å². The third kappa shape index (κ3) is 3.27. The molecule has 1 unspecified atom stereocenters. The maximum atomic E-state index is 13.5. The van der Waals surface area contributed by atoms with Gasteiger partial charge in [0.2, 0.25) is 0 Å². The fraction of sp³-hybridized carbons (Fsp3) is 0.364. The number of hydrogen-bond donors (Lipinski definition) is 2. The first-order valence-electron chi connectivity index (χ1n) is 4.96. The van der Waals surface area contributed by atoms with E-state index in [1.807, 2.05) is 6.92 Å². The van der Waals surface area contributed by atoms with Crippen LogP contribution in [0.4, 0.5) is 14.5 Å². The van der Waals surface area contributed by atoms with Crippen molar-refractivity contribution >= 4 is 34.2 Å². The molecule has 0 aliphatic rings. The van der Waals surface area contributed by atoms with Gasteiger partial charge >= 0.3 is 5.97 Å². The topological polar surface area (TPSA) is 49.3 Å². The van der Waals surface area contributed by atoms with Crippen molar-refractivity contribution in [3.05, 3.63) is 29.3 Å². The normalized spacial score (nSPS) is 14.2. The molecule has 0 saturated heterocycles. The van der Waals surface area contributed by atoms with Crippen molar-refractivity contribution in [3.63, 3.8) is 0 Å². The van der Waals surface area contributed by atoms with Crippen LogP contribution in [0.5, 0.6) is 0 Å². The summed E-state index contributed by atoms with van der Waals surface area (Å²) in [5.41, 5.74) is -0.568. The van der Waals surface area contributed by atoms with Gasteiger partial charge in [0.05, 0.1) is 11.3 Å². The summed E-state index contributed by atoms with van der Waals surface area (Å²) < 4.78 is 26.7. The summed E-state index contributed by atoms with van der Waals surface area (Å²) in [6.45, 7) is 3.66. The van der Waals surface area contributed by atoms with Crippen molar-refractivity contribution < 1.29 is 18.7 Å². The lowest BCUT2D eigenvalue weighted by molar-refractivity contribution is 0.0697. The molecule has 2 atom stereocenters. The third-order valence-corrected chi connectivity index (χ3v) is 3.46. The molecular weight excluding hydrogens is 343 g/mol. The lowest BCUT2D eigenvalue weighted by atomic mass is 10.1. The summed E-state index contributed by atoms with van der Waals surface area (Å²) in [4.78, 5) is 10.9. The van der Waals surface area contributed by atoms with Gasteiger partial charge in [0.1, 0.15) is 0 Å². The first-order chi connectivity index (χ1) is 7.84. The van der Waals surface area contributed by atoms with E-state index in [1.165, 1.54) is 0 Å². The van der Waals surface area contributed by atoms with E-state index in [2.05, 4.69) is 27.9 Å². The third-order valence-electron chi connectivity index (χ3n) is 2.39. The van der Waals surface area contributed by atoms with E-state index in [1.54, 1.807) is 6.92 Å².